The largest absolute Gasteiger partial charge is 0.462 e. The first-order chi connectivity index (χ1) is 10.2. The van der Waals surface area contributed by atoms with E-state index in [0.717, 1.165) is 12.8 Å². The maximum absolute atomic E-state index is 13.8. The summed E-state index contributed by atoms with van der Waals surface area (Å²) >= 11 is 2.05. The molecule has 0 spiro atoms. The first-order valence-corrected chi connectivity index (χ1v) is 9.57. The number of halogens is 3. The second kappa shape index (κ2) is 11.6. The Morgan fingerprint density at radius 3 is 2.00 bits per heavy atom. The number of alkyl halides is 3. The molecule has 0 aromatic rings. The Morgan fingerprint density at radius 2 is 1.50 bits per heavy atom. The second-order valence-electron chi connectivity index (χ2n) is 6.24. The molecule has 0 heterocycles. The molecule has 0 saturated heterocycles. The first kappa shape index (κ1) is 22.1. The highest BCUT2D eigenvalue weighted by atomic mass is 127. The summed E-state index contributed by atoms with van der Waals surface area (Å²) in [5.74, 6) is -4.78. The fourth-order valence-electron chi connectivity index (χ4n) is 2.49. The molecule has 0 bridgehead atoms. The molecule has 22 heavy (non-hydrogen) atoms. The van der Waals surface area contributed by atoms with Crippen LogP contribution in [0.3, 0.4) is 0 Å². The zero-order valence-corrected chi connectivity index (χ0v) is 16.4. The molecule has 0 saturated carbocycles. The highest BCUT2D eigenvalue weighted by Crippen LogP contribution is 2.37. The normalized spacial score (nSPS) is 14.6. The summed E-state index contributed by atoms with van der Waals surface area (Å²) in [7, 11) is 0. The fraction of sp³-hybridized carbons (Fsp3) is 0.941. The third kappa shape index (κ3) is 10.7. The molecule has 0 fully saturated rings. The van der Waals surface area contributed by atoms with Gasteiger partial charge < -0.3 is 4.74 Å². The van der Waals surface area contributed by atoms with E-state index in [2.05, 4.69) is 34.3 Å². The molecule has 2 nitrogen and oxygen atoms in total. The average molecular weight is 432 g/mol. The van der Waals surface area contributed by atoms with Gasteiger partial charge in [-0.05, 0) is 13.3 Å². The highest BCUT2D eigenvalue weighted by molar-refractivity contribution is 14.1. The molecule has 132 valence electrons. The summed E-state index contributed by atoms with van der Waals surface area (Å²) in [5, 5.41) is 0. The van der Waals surface area contributed by atoms with Gasteiger partial charge in [0.05, 0.1) is 6.61 Å². The van der Waals surface area contributed by atoms with Gasteiger partial charge in [-0.1, -0.05) is 87.8 Å². The number of ether oxygens (including phenoxy) is 1. The van der Waals surface area contributed by atoms with Crippen molar-refractivity contribution in [2.24, 2.45) is 0 Å². The predicted octanol–water partition coefficient (Wildman–Crippen LogP) is 6.30. The molecule has 0 aromatic heterocycles. The van der Waals surface area contributed by atoms with Gasteiger partial charge in [0.15, 0.2) is 0 Å². The van der Waals surface area contributed by atoms with E-state index in [1.54, 1.807) is 6.92 Å². The van der Waals surface area contributed by atoms with Crippen molar-refractivity contribution in [3.8, 4) is 0 Å². The van der Waals surface area contributed by atoms with Crippen LogP contribution in [0.1, 0.15) is 85.0 Å². The van der Waals surface area contributed by atoms with Crippen molar-refractivity contribution in [2.75, 3.05) is 6.61 Å². The Balaban J connectivity index is 3.92. The van der Waals surface area contributed by atoms with Crippen LogP contribution in [0.25, 0.3) is 0 Å². The van der Waals surface area contributed by atoms with Gasteiger partial charge in [-0.15, -0.1) is 0 Å². The molecule has 0 aliphatic rings. The van der Waals surface area contributed by atoms with E-state index in [4.69, 9.17) is 0 Å². The van der Waals surface area contributed by atoms with Crippen LogP contribution in [0, 0.1) is 0 Å². The molecule has 0 aliphatic carbocycles. The van der Waals surface area contributed by atoms with Crippen LogP contribution < -0.4 is 0 Å². The van der Waals surface area contributed by atoms with Crippen molar-refractivity contribution in [2.45, 2.75) is 94.3 Å². The van der Waals surface area contributed by atoms with Crippen LogP contribution in [0.4, 0.5) is 8.78 Å². The molecule has 0 N–H and O–H groups in total. The smallest absolute Gasteiger partial charge is 0.377 e. The third-order valence-corrected chi connectivity index (χ3v) is 4.64. The Morgan fingerprint density at radius 1 is 1.00 bits per heavy atom. The lowest BCUT2D eigenvalue weighted by Gasteiger charge is -2.26. The van der Waals surface area contributed by atoms with Crippen LogP contribution in [0.2, 0.25) is 0 Å². The third-order valence-electron chi connectivity index (χ3n) is 3.72. The van der Waals surface area contributed by atoms with Gasteiger partial charge in [-0.3, -0.25) is 0 Å². The molecular formula is C17H31F2IO2. The minimum absolute atomic E-state index is 0.00951. The minimum atomic E-state index is -3.38. The summed E-state index contributed by atoms with van der Waals surface area (Å²) in [6.07, 6.45) is 9.80. The van der Waals surface area contributed by atoms with Gasteiger partial charge in [0.25, 0.3) is 0 Å². The van der Waals surface area contributed by atoms with Crippen molar-refractivity contribution >= 4 is 28.6 Å². The van der Waals surface area contributed by atoms with Crippen molar-refractivity contribution in [1.29, 1.82) is 0 Å². The first-order valence-electron chi connectivity index (χ1n) is 8.49. The molecule has 1 atom stereocenters. The lowest BCUT2D eigenvalue weighted by molar-refractivity contribution is -0.173. The van der Waals surface area contributed by atoms with Crippen LogP contribution in [0.5, 0.6) is 0 Å². The van der Waals surface area contributed by atoms with Crippen LogP contribution in [0.15, 0.2) is 0 Å². The quantitative estimate of drug-likeness (QED) is 0.148. The Kier molecular flexibility index (Phi) is 11.6. The summed E-state index contributed by atoms with van der Waals surface area (Å²) in [6.45, 7) is 5.53. The molecule has 0 aliphatic heterocycles. The Bertz CT molecular complexity index is 307. The number of esters is 1. The topological polar surface area (TPSA) is 26.3 Å². The molecule has 0 aromatic carbocycles. The Labute approximate surface area is 147 Å². The van der Waals surface area contributed by atoms with Gasteiger partial charge in [-0.2, -0.15) is 8.78 Å². The van der Waals surface area contributed by atoms with E-state index >= 15 is 0 Å². The maximum atomic E-state index is 13.8. The summed E-state index contributed by atoms with van der Waals surface area (Å²) in [5.41, 5.74) is 0. The number of rotatable bonds is 13. The molecule has 0 radical (unpaired) electrons. The van der Waals surface area contributed by atoms with Gasteiger partial charge in [-0.25, -0.2) is 4.79 Å². The molecule has 0 rings (SSSR count). The van der Waals surface area contributed by atoms with Gasteiger partial charge in [0.2, 0.25) is 0 Å². The van der Waals surface area contributed by atoms with E-state index < -0.39 is 21.7 Å². The van der Waals surface area contributed by atoms with E-state index in [1.165, 1.54) is 45.4 Å². The number of unbranched alkanes of at least 4 members (excludes halogenated alkanes) is 7. The number of hydrogen-bond donors (Lipinski definition) is 0. The van der Waals surface area contributed by atoms with E-state index in [9.17, 15) is 13.6 Å². The van der Waals surface area contributed by atoms with Crippen LogP contribution in [-0.2, 0) is 9.53 Å². The van der Waals surface area contributed by atoms with Crippen LogP contribution in [-0.4, -0.2) is 21.9 Å². The SMILES string of the molecule is CCCCCCCCCCC(C)(I)CC(F)(F)C(=O)OCC. The maximum Gasteiger partial charge on any atom is 0.377 e. The van der Waals surface area contributed by atoms with Gasteiger partial charge in [0, 0.05) is 9.84 Å². The lowest BCUT2D eigenvalue weighted by atomic mass is 9.95. The lowest BCUT2D eigenvalue weighted by Crippen LogP contribution is -2.37. The number of carbonyl (C=O) groups is 1. The highest BCUT2D eigenvalue weighted by Gasteiger charge is 2.45. The molecular weight excluding hydrogens is 401 g/mol. The minimum Gasteiger partial charge on any atom is -0.462 e. The summed E-state index contributed by atoms with van der Waals surface area (Å²) < 4.78 is 31.4. The van der Waals surface area contributed by atoms with E-state index in [-0.39, 0.29) is 6.61 Å². The Hall–Kier alpha value is 0.0600. The second-order valence-corrected chi connectivity index (χ2v) is 8.84. The van der Waals surface area contributed by atoms with E-state index in [1.807, 2.05) is 0 Å². The zero-order chi connectivity index (χ0) is 17.1. The predicted molar refractivity (Wildman–Crippen MR) is 95.8 cm³/mol. The van der Waals surface area contributed by atoms with Crippen molar-refractivity contribution in [1.82, 2.24) is 0 Å². The fourth-order valence-corrected chi connectivity index (χ4v) is 3.35. The number of carbonyl (C=O) groups excluding carboxylic acids is 1. The van der Waals surface area contributed by atoms with Crippen LogP contribution >= 0.6 is 22.6 Å². The van der Waals surface area contributed by atoms with Gasteiger partial charge in [0.1, 0.15) is 0 Å². The number of hydrogen-bond acceptors (Lipinski definition) is 2. The van der Waals surface area contributed by atoms with Crippen molar-refractivity contribution in [3.63, 3.8) is 0 Å². The average Bonchev–Trinajstić information content (AvgIpc) is 2.41. The monoisotopic (exact) mass is 432 g/mol. The molecule has 5 heteroatoms. The van der Waals surface area contributed by atoms with Crippen molar-refractivity contribution < 1.29 is 18.3 Å². The molecule has 0 amide bonds. The summed E-state index contributed by atoms with van der Waals surface area (Å²) in [4.78, 5) is 11.3. The van der Waals surface area contributed by atoms with Crippen molar-refractivity contribution in [3.05, 3.63) is 0 Å². The molecule has 1 unspecified atom stereocenters. The van der Waals surface area contributed by atoms with Gasteiger partial charge >= 0.3 is 11.9 Å². The summed E-state index contributed by atoms with van der Waals surface area (Å²) in [6, 6.07) is 0. The standard InChI is InChI=1S/C17H31F2IO2/c1-4-6-7-8-9-10-11-12-13-16(3,20)14-17(18,19)15(21)22-5-2/h4-14H2,1-3H3. The van der Waals surface area contributed by atoms with E-state index in [0.29, 0.717) is 6.42 Å². The zero-order valence-electron chi connectivity index (χ0n) is 14.2.